The van der Waals surface area contributed by atoms with Gasteiger partial charge in [0.15, 0.2) is 0 Å². The van der Waals surface area contributed by atoms with Crippen LogP contribution >= 0.6 is 0 Å². The van der Waals surface area contributed by atoms with Crippen molar-refractivity contribution >= 4 is 10.1 Å². The molecule has 0 amide bonds. The summed E-state index contributed by atoms with van der Waals surface area (Å²) in [7, 11) is -3.38. The molecule has 0 aliphatic heterocycles. The van der Waals surface area contributed by atoms with E-state index in [2.05, 4.69) is 18.0 Å². The van der Waals surface area contributed by atoms with Crippen molar-refractivity contribution in [1.82, 2.24) is 0 Å². The van der Waals surface area contributed by atoms with Gasteiger partial charge in [-0.1, -0.05) is 26.0 Å². The zero-order chi connectivity index (χ0) is 12.9. The van der Waals surface area contributed by atoms with E-state index < -0.39 is 10.1 Å². The fourth-order valence-electron chi connectivity index (χ4n) is 1.31. The summed E-state index contributed by atoms with van der Waals surface area (Å²) in [5, 5.41) is 0. The number of benzene rings is 1. The Balaban J connectivity index is 2.44. The van der Waals surface area contributed by atoms with Gasteiger partial charge in [0.1, 0.15) is 19.0 Å². The molecule has 0 fully saturated rings. The van der Waals surface area contributed by atoms with Crippen LogP contribution in [0.3, 0.4) is 0 Å². The van der Waals surface area contributed by atoms with Crippen molar-refractivity contribution in [2.45, 2.75) is 19.8 Å². The first-order valence-corrected chi connectivity index (χ1v) is 7.27. The van der Waals surface area contributed by atoms with Crippen molar-refractivity contribution in [3.63, 3.8) is 0 Å². The van der Waals surface area contributed by atoms with Crippen LogP contribution in [0.25, 0.3) is 0 Å². The molecule has 5 heteroatoms. The van der Waals surface area contributed by atoms with Crippen molar-refractivity contribution in [2.75, 3.05) is 19.5 Å². The molecule has 0 saturated heterocycles. The highest BCUT2D eigenvalue weighted by molar-refractivity contribution is 7.85. The molecule has 1 rings (SSSR count). The molecule has 0 radical (unpaired) electrons. The maximum atomic E-state index is 10.7. The summed E-state index contributed by atoms with van der Waals surface area (Å²) in [4.78, 5) is 0. The van der Waals surface area contributed by atoms with Crippen molar-refractivity contribution in [2.24, 2.45) is 0 Å². The molecule has 0 spiro atoms. The minimum absolute atomic E-state index is 0.0325. The second kappa shape index (κ2) is 6.02. The molecule has 96 valence electrons. The predicted octanol–water partition coefficient (Wildman–Crippen LogP) is 2.17. The van der Waals surface area contributed by atoms with Gasteiger partial charge in [0, 0.05) is 0 Å². The van der Waals surface area contributed by atoms with E-state index in [0.717, 1.165) is 12.0 Å². The first kappa shape index (κ1) is 14.0. The van der Waals surface area contributed by atoms with Gasteiger partial charge >= 0.3 is 0 Å². The zero-order valence-electron chi connectivity index (χ0n) is 10.3. The summed E-state index contributed by atoms with van der Waals surface area (Å²) in [6.45, 7) is 4.46. The fourth-order valence-corrected chi connectivity index (χ4v) is 1.68. The molecule has 0 unspecified atom stereocenters. The summed E-state index contributed by atoms with van der Waals surface area (Å²) in [6.07, 6.45) is 1.02. The molecule has 0 aliphatic rings. The molecule has 0 saturated carbocycles. The van der Waals surface area contributed by atoms with E-state index in [0.29, 0.717) is 5.92 Å². The molecule has 0 aliphatic carbocycles. The predicted molar refractivity (Wildman–Crippen MR) is 66.8 cm³/mol. The standard InChI is InChI=1S/C12H18O4S/c1-10(2)11-5-4-6-12(9-11)15-7-8-16-17(3,13)14/h4-6,9-10H,7-8H2,1-3H3. The average Bonchev–Trinajstić information content (AvgIpc) is 2.23. The smallest absolute Gasteiger partial charge is 0.264 e. The summed E-state index contributed by atoms with van der Waals surface area (Å²) < 4.78 is 31.4. The number of ether oxygens (including phenoxy) is 1. The van der Waals surface area contributed by atoms with E-state index in [1.807, 2.05) is 24.3 Å². The Morgan fingerprint density at radius 3 is 2.53 bits per heavy atom. The van der Waals surface area contributed by atoms with Gasteiger partial charge in [-0.05, 0) is 23.6 Å². The van der Waals surface area contributed by atoms with Crippen LogP contribution in [0.4, 0.5) is 0 Å². The normalized spacial score (nSPS) is 11.8. The first-order chi connectivity index (χ1) is 7.88. The van der Waals surface area contributed by atoms with E-state index in [1.54, 1.807) is 0 Å². The van der Waals surface area contributed by atoms with Gasteiger partial charge in [0.2, 0.25) is 0 Å². The van der Waals surface area contributed by atoms with E-state index in [-0.39, 0.29) is 13.2 Å². The second-order valence-corrected chi connectivity index (χ2v) is 5.75. The Morgan fingerprint density at radius 2 is 1.94 bits per heavy atom. The summed E-state index contributed by atoms with van der Waals surface area (Å²) in [5.74, 6) is 1.17. The Bertz CT molecular complexity index is 451. The first-order valence-electron chi connectivity index (χ1n) is 5.45. The molecule has 4 nitrogen and oxygen atoms in total. The van der Waals surface area contributed by atoms with E-state index in [4.69, 9.17) is 4.74 Å². The minimum Gasteiger partial charge on any atom is -0.491 e. The van der Waals surface area contributed by atoms with Gasteiger partial charge in [-0.15, -0.1) is 0 Å². The highest BCUT2D eigenvalue weighted by Crippen LogP contribution is 2.19. The number of hydrogen-bond acceptors (Lipinski definition) is 4. The lowest BCUT2D eigenvalue weighted by molar-refractivity contribution is 0.222. The van der Waals surface area contributed by atoms with Crippen LogP contribution in [-0.2, 0) is 14.3 Å². The third-order valence-corrected chi connectivity index (χ3v) is 2.77. The molecular weight excluding hydrogens is 240 g/mol. The molecule has 1 aromatic carbocycles. The van der Waals surface area contributed by atoms with Crippen LogP contribution in [0.5, 0.6) is 5.75 Å². The van der Waals surface area contributed by atoms with E-state index in [1.165, 1.54) is 5.56 Å². The highest BCUT2D eigenvalue weighted by Gasteiger charge is 2.03. The van der Waals surface area contributed by atoms with Crippen molar-refractivity contribution in [3.05, 3.63) is 29.8 Å². The lowest BCUT2D eigenvalue weighted by atomic mass is 10.0. The maximum Gasteiger partial charge on any atom is 0.264 e. The Labute approximate surface area is 103 Å². The minimum atomic E-state index is -3.38. The average molecular weight is 258 g/mol. The van der Waals surface area contributed by atoms with Crippen LogP contribution in [-0.4, -0.2) is 27.9 Å². The lowest BCUT2D eigenvalue weighted by Crippen LogP contribution is -2.11. The van der Waals surface area contributed by atoms with Gasteiger partial charge in [0.05, 0.1) is 6.26 Å². The second-order valence-electron chi connectivity index (χ2n) is 4.10. The number of rotatable bonds is 6. The van der Waals surface area contributed by atoms with Crippen LogP contribution in [0.15, 0.2) is 24.3 Å². The fraction of sp³-hybridized carbons (Fsp3) is 0.500. The molecule has 1 aromatic rings. The van der Waals surface area contributed by atoms with Crippen LogP contribution < -0.4 is 4.74 Å². The Kier molecular flexibility index (Phi) is 4.96. The quantitative estimate of drug-likeness (QED) is 0.579. The van der Waals surface area contributed by atoms with E-state index in [9.17, 15) is 8.42 Å². The van der Waals surface area contributed by atoms with Gasteiger partial charge < -0.3 is 4.74 Å². The van der Waals surface area contributed by atoms with Crippen LogP contribution in [0.2, 0.25) is 0 Å². The maximum absolute atomic E-state index is 10.7. The van der Waals surface area contributed by atoms with Crippen LogP contribution in [0, 0.1) is 0 Å². The summed E-state index contributed by atoms with van der Waals surface area (Å²) in [6, 6.07) is 7.74. The van der Waals surface area contributed by atoms with Crippen molar-refractivity contribution in [3.8, 4) is 5.75 Å². The van der Waals surface area contributed by atoms with Crippen molar-refractivity contribution < 1.29 is 17.3 Å². The molecule has 0 atom stereocenters. The molecular formula is C12H18O4S. The third kappa shape index (κ3) is 5.70. The molecule has 17 heavy (non-hydrogen) atoms. The monoisotopic (exact) mass is 258 g/mol. The van der Waals surface area contributed by atoms with Gasteiger partial charge in [-0.2, -0.15) is 8.42 Å². The lowest BCUT2D eigenvalue weighted by Gasteiger charge is -2.09. The summed E-state index contributed by atoms with van der Waals surface area (Å²) in [5.41, 5.74) is 1.19. The topological polar surface area (TPSA) is 52.6 Å². The molecule has 0 bridgehead atoms. The zero-order valence-corrected chi connectivity index (χ0v) is 11.2. The van der Waals surface area contributed by atoms with Gasteiger partial charge in [-0.25, -0.2) is 0 Å². The van der Waals surface area contributed by atoms with Gasteiger partial charge in [-0.3, -0.25) is 4.18 Å². The Morgan fingerprint density at radius 1 is 1.24 bits per heavy atom. The van der Waals surface area contributed by atoms with Crippen LogP contribution in [0.1, 0.15) is 25.3 Å². The molecule has 0 aromatic heterocycles. The van der Waals surface area contributed by atoms with Gasteiger partial charge in [0.25, 0.3) is 10.1 Å². The van der Waals surface area contributed by atoms with Crippen molar-refractivity contribution in [1.29, 1.82) is 0 Å². The third-order valence-electron chi connectivity index (χ3n) is 2.17. The van der Waals surface area contributed by atoms with E-state index >= 15 is 0 Å². The SMILES string of the molecule is CC(C)c1cccc(OCCOS(C)(=O)=O)c1. The Hall–Kier alpha value is -1.07. The summed E-state index contributed by atoms with van der Waals surface area (Å²) >= 11 is 0. The largest absolute Gasteiger partial charge is 0.491 e. The molecule has 0 heterocycles. The molecule has 0 N–H and O–H groups in total. The number of hydrogen-bond donors (Lipinski definition) is 0. The highest BCUT2D eigenvalue weighted by atomic mass is 32.2.